The van der Waals surface area contributed by atoms with Crippen LogP contribution in [0.3, 0.4) is 0 Å². The van der Waals surface area contributed by atoms with E-state index in [1.54, 1.807) is 0 Å². The lowest BCUT2D eigenvalue weighted by Gasteiger charge is -2.43. The highest BCUT2D eigenvalue weighted by Gasteiger charge is 2.42. The van der Waals surface area contributed by atoms with E-state index in [1.807, 2.05) is 0 Å². The SMILES string of the molecule is CC(C)(C)c1ccc(N2c3ccccc3C(C)(C)c3cc4c(cc32)C(C)(C)c2cc(/C=C/c3ccc5c(c3)C(C)(C)c3ccccc3N5c3ccccc3)ccc2-4)cc1. The average molecular weight is 767 g/mol. The van der Waals surface area contributed by atoms with Crippen LogP contribution in [-0.4, -0.2) is 0 Å². The number of para-hydroxylation sites is 3. The average Bonchev–Trinajstić information content (AvgIpc) is 3.44. The first-order valence-electron chi connectivity index (χ1n) is 21.3. The minimum absolute atomic E-state index is 0.0950. The molecule has 2 heterocycles. The molecule has 10 rings (SSSR count). The van der Waals surface area contributed by atoms with Crippen molar-refractivity contribution < 1.29 is 0 Å². The highest BCUT2D eigenvalue weighted by atomic mass is 15.2. The van der Waals surface area contributed by atoms with E-state index in [2.05, 4.69) is 236 Å². The number of fused-ring (bicyclic) bond motifs is 7. The standard InChI is InChI=1S/C57H54N2/c1-54(2,3)39-27-29-41(30-28-39)59-51-22-16-14-20-45(51)56(6,7)49-35-43-42-31-25-37(33-46(42)57(8,9)47(43)36-53(49)59)23-24-38-26-32-52-48(34-38)55(4,5)44-19-13-15-21-50(44)58(52)40-17-11-10-12-18-40/h10-36H,1-9H3/b24-23+. The highest BCUT2D eigenvalue weighted by molar-refractivity contribution is 5.92. The maximum Gasteiger partial charge on any atom is 0.0506 e. The molecule has 7 aromatic rings. The lowest BCUT2D eigenvalue weighted by atomic mass is 9.71. The molecular weight excluding hydrogens is 713 g/mol. The fourth-order valence-corrected chi connectivity index (χ4v) is 10.3. The van der Waals surface area contributed by atoms with Gasteiger partial charge in [0, 0.05) is 27.6 Å². The molecule has 0 fully saturated rings. The Balaban J connectivity index is 1.03. The number of rotatable bonds is 4. The number of hydrogen-bond donors (Lipinski definition) is 0. The van der Waals surface area contributed by atoms with Crippen molar-refractivity contribution in [3.05, 3.63) is 202 Å². The quantitative estimate of drug-likeness (QED) is 0.165. The molecule has 7 aromatic carbocycles. The van der Waals surface area contributed by atoms with Crippen LogP contribution in [-0.2, 0) is 21.7 Å². The second-order valence-electron chi connectivity index (χ2n) is 19.5. The van der Waals surface area contributed by atoms with Crippen LogP contribution in [0.5, 0.6) is 0 Å². The summed E-state index contributed by atoms with van der Waals surface area (Å²) >= 11 is 0. The number of hydrogen-bond acceptors (Lipinski definition) is 2. The van der Waals surface area contributed by atoms with Gasteiger partial charge in [0.05, 0.1) is 22.7 Å². The Morgan fingerprint density at radius 3 is 1.44 bits per heavy atom. The summed E-state index contributed by atoms with van der Waals surface area (Å²) in [7, 11) is 0. The van der Waals surface area contributed by atoms with Gasteiger partial charge < -0.3 is 9.80 Å². The van der Waals surface area contributed by atoms with E-state index in [4.69, 9.17) is 0 Å². The summed E-state index contributed by atoms with van der Waals surface area (Å²) in [5.41, 5.74) is 21.7. The summed E-state index contributed by atoms with van der Waals surface area (Å²) in [6, 6.07) is 57.0. The Labute approximate surface area is 351 Å². The molecule has 0 atom stereocenters. The highest BCUT2D eigenvalue weighted by Crippen LogP contribution is 2.58. The first-order valence-corrected chi connectivity index (χ1v) is 21.3. The van der Waals surface area contributed by atoms with Crippen molar-refractivity contribution in [2.24, 2.45) is 0 Å². The number of anilines is 6. The zero-order chi connectivity index (χ0) is 41.1. The first-order chi connectivity index (χ1) is 28.2. The molecule has 2 heteroatoms. The summed E-state index contributed by atoms with van der Waals surface area (Å²) < 4.78 is 0. The summed E-state index contributed by atoms with van der Waals surface area (Å²) in [4.78, 5) is 4.93. The predicted molar refractivity (Wildman–Crippen MR) is 252 cm³/mol. The first kappa shape index (κ1) is 37.2. The fourth-order valence-electron chi connectivity index (χ4n) is 10.3. The maximum atomic E-state index is 2.52. The monoisotopic (exact) mass is 766 g/mol. The summed E-state index contributed by atoms with van der Waals surface area (Å²) in [6.45, 7) is 21.2. The molecule has 0 saturated heterocycles. The van der Waals surface area contributed by atoms with Gasteiger partial charge in [-0.3, -0.25) is 0 Å². The van der Waals surface area contributed by atoms with Gasteiger partial charge in [-0.2, -0.15) is 0 Å². The van der Waals surface area contributed by atoms with Crippen molar-refractivity contribution in [1.29, 1.82) is 0 Å². The van der Waals surface area contributed by atoms with E-state index >= 15 is 0 Å². The molecule has 59 heavy (non-hydrogen) atoms. The van der Waals surface area contributed by atoms with Crippen LogP contribution in [0.1, 0.15) is 112 Å². The molecule has 292 valence electrons. The minimum Gasteiger partial charge on any atom is -0.310 e. The summed E-state index contributed by atoms with van der Waals surface area (Å²) in [5.74, 6) is 0. The molecule has 0 saturated carbocycles. The third kappa shape index (κ3) is 5.67. The van der Waals surface area contributed by atoms with E-state index in [9.17, 15) is 0 Å². The van der Waals surface area contributed by atoms with Crippen LogP contribution in [0.25, 0.3) is 23.3 Å². The van der Waals surface area contributed by atoms with Crippen LogP contribution in [0.4, 0.5) is 34.1 Å². The van der Waals surface area contributed by atoms with Gasteiger partial charge in [-0.15, -0.1) is 0 Å². The second-order valence-corrected chi connectivity index (χ2v) is 19.5. The van der Waals surface area contributed by atoms with Crippen molar-refractivity contribution >= 4 is 46.3 Å². The fraction of sp³-hybridized carbons (Fsp3) is 0.228. The van der Waals surface area contributed by atoms with Gasteiger partial charge in [0.1, 0.15) is 0 Å². The van der Waals surface area contributed by atoms with Gasteiger partial charge in [0.2, 0.25) is 0 Å². The molecule has 0 amide bonds. The third-order valence-electron chi connectivity index (χ3n) is 13.8. The molecular formula is C57H54N2. The zero-order valence-corrected chi connectivity index (χ0v) is 36.0. The van der Waals surface area contributed by atoms with Gasteiger partial charge >= 0.3 is 0 Å². The Morgan fingerprint density at radius 1 is 0.373 bits per heavy atom. The smallest absolute Gasteiger partial charge is 0.0506 e. The Kier molecular flexibility index (Phi) is 8.15. The molecule has 1 aliphatic carbocycles. The molecule has 0 radical (unpaired) electrons. The summed E-state index contributed by atoms with van der Waals surface area (Å²) in [5, 5.41) is 0. The van der Waals surface area contributed by atoms with Gasteiger partial charge in [0.25, 0.3) is 0 Å². The predicted octanol–water partition coefficient (Wildman–Crippen LogP) is 15.7. The van der Waals surface area contributed by atoms with Crippen molar-refractivity contribution in [2.45, 2.75) is 84.0 Å². The molecule has 2 nitrogen and oxygen atoms in total. The van der Waals surface area contributed by atoms with Gasteiger partial charge in [-0.05, 0) is 127 Å². The van der Waals surface area contributed by atoms with Crippen molar-refractivity contribution in [1.82, 2.24) is 0 Å². The Bertz CT molecular complexity index is 2830. The van der Waals surface area contributed by atoms with Gasteiger partial charge in [-0.1, -0.05) is 165 Å². The van der Waals surface area contributed by atoms with E-state index in [-0.39, 0.29) is 21.7 Å². The lowest BCUT2D eigenvalue weighted by molar-refractivity contribution is 0.590. The van der Waals surface area contributed by atoms with Crippen molar-refractivity contribution in [2.75, 3.05) is 9.80 Å². The van der Waals surface area contributed by atoms with E-state index < -0.39 is 0 Å². The molecule has 0 unspecified atom stereocenters. The van der Waals surface area contributed by atoms with E-state index in [1.165, 1.54) is 95.3 Å². The van der Waals surface area contributed by atoms with Crippen molar-refractivity contribution in [3.63, 3.8) is 0 Å². The molecule has 2 aliphatic heterocycles. The second kappa shape index (κ2) is 12.9. The van der Waals surface area contributed by atoms with Gasteiger partial charge in [0.15, 0.2) is 0 Å². The molecule has 0 N–H and O–H groups in total. The molecule has 3 aliphatic rings. The van der Waals surface area contributed by atoms with Crippen LogP contribution in [0, 0.1) is 0 Å². The number of benzene rings is 7. The zero-order valence-electron chi connectivity index (χ0n) is 36.0. The molecule has 0 aromatic heterocycles. The topological polar surface area (TPSA) is 6.48 Å². The van der Waals surface area contributed by atoms with Crippen LogP contribution in [0.2, 0.25) is 0 Å². The molecule has 0 spiro atoms. The Hall–Kier alpha value is -6.12. The number of nitrogens with zero attached hydrogens (tertiary/aromatic N) is 2. The Morgan fingerprint density at radius 2 is 0.831 bits per heavy atom. The normalized spacial score (nSPS) is 16.5. The van der Waals surface area contributed by atoms with E-state index in [0.29, 0.717) is 0 Å². The van der Waals surface area contributed by atoms with Crippen molar-refractivity contribution in [3.8, 4) is 11.1 Å². The lowest BCUT2D eigenvalue weighted by Crippen LogP contribution is -2.31. The third-order valence-corrected chi connectivity index (χ3v) is 13.8. The molecule has 0 bridgehead atoms. The largest absolute Gasteiger partial charge is 0.310 e. The van der Waals surface area contributed by atoms with Crippen LogP contribution >= 0.6 is 0 Å². The summed E-state index contributed by atoms with van der Waals surface area (Å²) in [6.07, 6.45) is 4.59. The minimum atomic E-state index is -0.170. The maximum absolute atomic E-state index is 2.52. The van der Waals surface area contributed by atoms with Gasteiger partial charge in [-0.25, -0.2) is 0 Å². The van der Waals surface area contributed by atoms with Crippen LogP contribution < -0.4 is 9.80 Å². The van der Waals surface area contributed by atoms with E-state index in [0.717, 1.165) is 0 Å². The van der Waals surface area contributed by atoms with Crippen LogP contribution in [0.15, 0.2) is 152 Å².